The molecule has 1 heterocycles. The third-order valence-corrected chi connectivity index (χ3v) is 3.19. The molecule has 0 saturated heterocycles. The normalized spacial score (nSPS) is 15.0. The standard InChI is InChI=1S/C13H23N5/c1-8(2)7-18(11-5-6-11)13-9(3)12(17-14)15-10(4)16-13/h8,11H,5-7,14H2,1-4H3,(H,15,16,17). The quantitative estimate of drug-likeness (QED) is 0.617. The molecule has 1 aliphatic carbocycles. The van der Waals surface area contributed by atoms with Gasteiger partial charge in [0, 0.05) is 18.2 Å². The number of hydrogen-bond donors (Lipinski definition) is 2. The van der Waals surface area contributed by atoms with Crippen molar-refractivity contribution in [1.82, 2.24) is 9.97 Å². The van der Waals surface area contributed by atoms with E-state index < -0.39 is 0 Å². The van der Waals surface area contributed by atoms with Crippen LogP contribution in [0.4, 0.5) is 11.6 Å². The predicted octanol–water partition coefficient (Wildman–Crippen LogP) is 2.00. The lowest BCUT2D eigenvalue weighted by atomic mass is 10.2. The van der Waals surface area contributed by atoms with E-state index in [1.54, 1.807) is 0 Å². The second-order valence-electron chi connectivity index (χ2n) is 5.49. The van der Waals surface area contributed by atoms with Crippen molar-refractivity contribution in [2.75, 3.05) is 16.9 Å². The summed E-state index contributed by atoms with van der Waals surface area (Å²) in [5, 5.41) is 0. The number of aryl methyl sites for hydroxylation is 1. The van der Waals surface area contributed by atoms with Crippen molar-refractivity contribution in [3.63, 3.8) is 0 Å². The van der Waals surface area contributed by atoms with E-state index >= 15 is 0 Å². The Morgan fingerprint density at radius 3 is 2.50 bits per heavy atom. The second kappa shape index (κ2) is 5.10. The van der Waals surface area contributed by atoms with E-state index in [1.807, 2.05) is 13.8 Å². The highest BCUT2D eigenvalue weighted by Crippen LogP contribution is 2.34. The van der Waals surface area contributed by atoms with Gasteiger partial charge in [-0.2, -0.15) is 0 Å². The summed E-state index contributed by atoms with van der Waals surface area (Å²) in [5.41, 5.74) is 3.70. The molecule has 0 spiro atoms. The number of aromatic nitrogens is 2. The fourth-order valence-electron chi connectivity index (χ4n) is 2.22. The number of nitrogens with zero attached hydrogens (tertiary/aromatic N) is 3. The lowest BCUT2D eigenvalue weighted by Gasteiger charge is -2.27. The average molecular weight is 249 g/mol. The molecule has 0 aliphatic heterocycles. The number of anilines is 2. The molecular formula is C13H23N5. The van der Waals surface area contributed by atoms with Crippen molar-refractivity contribution in [2.24, 2.45) is 11.8 Å². The molecule has 18 heavy (non-hydrogen) atoms. The fraction of sp³-hybridized carbons (Fsp3) is 0.692. The third-order valence-electron chi connectivity index (χ3n) is 3.19. The van der Waals surface area contributed by atoms with Gasteiger partial charge in [0.2, 0.25) is 0 Å². The van der Waals surface area contributed by atoms with Crippen molar-refractivity contribution >= 4 is 11.6 Å². The topological polar surface area (TPSA) is 67.1 Å². The largest absolute Gasteiger partial charge is 0.353 e. The van der Waals surface area contributed by atoms with Gasteiger partial charge in [-0.3, -0.25) is 0 Å². The first-order chi connectivity index (χ1) is 8.52. The summed E-state index contributed by atoms with van der Waals surface area (Å²) in [7, 11) is 0. The maximum atomic E-state index is 5.52. The van der Waals surface area contributed by atoms with Crippen molar-refractivity contribution in [2.45, 2.75) is 46.6 Å². The second-order valence-corrected chi connectivity index (χ2v) is 5.49. The zero-order valence-electron chi connectivity index (χ0n) is 11.7. The van der Waals surface area contributed by atoms with Crippen LogP contribution in [0, 0.1) is 19.8 Å². The van der Waals surface area contributed by atoms with E-state index in [0.29, 0.717) is 12.0 Å². The summed E-state index contributed by atoms with van der Waals surface area (Å²) in [6.07, 6.45) is 2.53. The molecule has 5 nitrogen and oxygen atoms in total. The maximum absolute atomic E-state index is 5.52. The molecule has 0 atom stereocenters. The van der Waals surface area contributed by atoms with E-state index in [0.717, 1.165) is 29.6 Å². The van der Waals surface area contributed by atoms with Gasteiger partial charge in [0.1, 0.15) is 17.5 Å². The van der Waals surface area contributed by atoms with Gasteiger partial charge >= 0.3 is 0 Å². The Balaban J connectivity index is 2.37. The Bertz CT molecular complexity index is 426. The van der Waals surface area contributed by atoms with Crippen molar-refractivity contribution in [3.8, 4) is 0 Å². The van der Waals surface area contributed by atoms with Crippen LogP contribution in [-0.2, 0) is 0 Å². The van der Waals surface area contributed by atoms with Crippen LogP contribution in [0.25, 0.3) is 0 Å². The van der Waals surface area contributed by atoms with E-state index in [2.05, 4.69) is 34.1 Å². The highest BCUT2D eigenvalue weighted by atomic mass is 15.3. The van der Waals surface area contributed by atoms with E-state index in [9.17, 15) is 0 Å². The van der Waals surface area contributed by atoms with Crippen molar-refractivity contribution < 1.29 is 0 Å². The number of rotatable bonds is 5. The summed E-state index contributed by atoms with van der Waals surface area (Å²) in [6.45, 7) is 9.44. The Kier molecular flexibility index (Phi) is 3.71. The predicted molar refractivity (Wildman–Crippen MR) is 74.5 cm³/mol. The smallest absolute Gasteiger partial charge is 0.148 e. The van der Waals surface area contributed by atoms with Crippen LogP contribution >= 0.6 is 0 Å². The third kappa shape index (κ3) is 2.72. The van der Waals surface area contributed by atoms with Gasteiger partial charge in [0.25, 0.3) is 0 Å². The average Bonchev–Trinajstić information content (AvgIpc) is 3.12. The first-order valence-electron chi connectivity index (χ1n) is 6.61. The molecule has 0 bridgehead atoms. The molecule has 0 amide bonds. The molecule has 1 aromatic rings. The Morgan fingerprint density at radius 1 is 1.33 bits per heavy atom. The minimum Gasteiger partial charge on any atom is -0.353 e. The molecule has 5 heteroatoms. The molecule has 1 aromatic heterocycles. The Labute approximate surface area is 109 Å². The highest BCUT2D eigenvalue weighted by Gasteiger charge is 2.31. The van der Waals surface area contributed by atoms with E-state index in [1.165, 1.54) is 12.8 Å². The summed E-state index contributed by atoms with van der Waals surface area (Å²) in [6, 6.07) is 0.644. The van der Waals surface area contributed by atoms with Crippen LogP contribution in [0.3, 0.4) is 0 Å². The van der Waals surface area contributed by atoms with Gasteiger partial charge in [0.05, 0.1) is 0 Å². The van der Waals surface area contributed by atoms with Gasteiger partial charge in [0.15, 0.2) is 0 Å². The molecule has 3 N–H and O–H groups in total. The number of nitrogens with two attached hydrogens (primary N) is 1. The molecule has 1 aliphatic rings. The van der Waals surface area contributed by atoms with Gasteiger partial charge in [-0.1, -0.05) is 13.8 Å². The monoisotopic (exact) mass is 249 g/mol. The minimum absolute atomic E-state index is 0.620. The molecule has 0 unspecified atom stereocenters. The van der Waals surface area contributed by atoms with E-state index in [4.69, 9.17) is 5.84 Å². The lowest BCUT2D eigenvalue weighted by Crippen LogP contribution is -2.32. The summed E-state index contributed by atoms with van der Waals surface area (Å²) in [4.78, 5) is 11.3. The maximum Gasteiger partial charge on any atom is 0.148 e. The Morgan fingerprint density at radius 2 is 2.00 bits per heavy atom. The molecule has 100 valence electrons. The van der Waals surface area contributed by atoms with Crippen LogP contribution in [0.5, 0.6) is 0 Å². The zero-order valence-corrected chi connectivity index (χ0v) is 11.7. The molecule has 2 rings (SSSR count). The SMILES string of the molecule is Cc1nc(NN)c(C)c(N(CC(C)C)C2CC2)n1. The summed E-state index contributed by atoms with van der Waals surface area (Å²) < 4.78 is 0. The molecular weight excluding hydrogens is 226 g/mol. The Hall–Kier alpha value is -1.36. The van der Waals surface area contributed by atoms with Gasteiger partial charge < -0.3 is 10.3 Å². The zero-order chi connectivity index (χ0) is 13.3. The number of hydrogen-bond acceptors (Lipinski definition) is 5. The van der Waals surface area contributed by atoms with Crippen molar-refractivity contribution in [3.05, 3.63) is 11.4 Å². The molecule has 1 fully saturated rings. The van der Waals surface area contributed by atoms with Crippen LogP contribution in [0.1, 0.15) is 38.1 Å². The first kappa shape index (κ1) is 13.1. The molecule has 0 aromatic carbocycles. The first-order valence-corrected chi connectivity index (χ1v) is 6.61. The summed E-state index contributed by atoms with van der Waals surface area (Å²) >= 11 is 0. The van der Waals surface area contributed by atoms with Crippen molar-refractivity contribution in [1.29, 1.82) is 0 Å². The van der Waals surface area contributed by atoms with Crippen LogP contribution in [0.15, 0.2) is 0 Å². The van der Waals surface area contributed by atoms with Crippen LogP contribution in [0.2, 0.25) is 0 Å². The summed E-state index contributed by atoms with van der Waals surface area (Å²) in [5.74, 6) is 8.67. The number of nitrogens with one attached hydrogen (secondary N) is 1. The van der Waals surface area contributed by atoms with Gasteiger partial charge in [-0.15, -0.1) is 0 Å². The fourth-order valence-corrected chi connectivity index (χ4v) is 2.22. The molecule has 0 radical (unpaired) electrons. The van der Waals surface area contributed by atoms with Gasteiger partial charge in [-0.05, 0) is 32.6 Å². The number of hydrazine groups is 1. The van der Waals surface area contributed by atoms with Crippen LogP contribution in [-0.4, -0.2) is 22.6 Å². The number of nitrogen functional groups attached to an aromatic ring is 1. The molecule has 1 saturated carbocycles. The van der Waals surface area contributed by atoms with E-state index in [-0.39, 0.29) is 0 Å². The van der Waals surface area contributed by atoms with Gasteiger partial charge in [-0.25, -0.2) is 15.8 Å². The highest BCUT2D eigenvalue weighted by molar-refractivity contribution is 5.59. The minimum atomic E-state index is 0.620. The van der Waals surface area contributed by atoms with Crippen LogP contribution < -0.4 is 16.2 Å². The lowest BCUT2D eigenvalue weighted by molar-refractivity contribution is 0.600.